The Hall–Kier alpha value is -1.17. The van der Waals surface area contributed by atoms with Gasteiger partial charge in [0.2, 0.25) is 0 Å². The van der Waals surface area contributed by atoms with E-state index in [2.05, 4.69) is 47.8 Å². The molecule has 0 saturated carbocycles. The average molecular weight is 283 g/mol. The Morgan fingerprint density at radius 3 is 2.79 bits per heavy atom. The molecule has 0 aliphatic rings. The lowest BCUT2D eigenvalue weighted by Gasteiger charge is -2.20. The Bertz CT molecular complexity index is 372. The van der Waals surface area contributed by atoms with Gasteiger partial charge in [0.15, 0.2) is 5.96 Å². The van der Waals surface area contributed by atoms with E-state index in [1.807, 2.05) is 28.7 Å². The smallest absolute Gasteiger partial charge is 0.191 e. The van der Waals surface area contributed by atoms with Gasteiger partial charge in [0.1, 0.15) is 0 Å². The first-order valence-corrected chi connectivity index (χ1v) is 7.84. The zero-order valence-electron chi connectivity index (χ0n) is 12.3. The van der Waals surface area contributed by atoms with E-state index in [4.69, 9.17) is 0 Å². The molecule has 0 unspecified atom stereocenters. The second-order valence-corrected chi connectivity index (χ2v) is 6.37. The molecule has 0 fully saturated rings. The topological polar surface area (TPSA) is 54.2 Å². The maximum Gasteiger partial charge on any atom is 0.191 e. The summed E-state index contributed by atoms with van der Waals surface area (Å²) in [7, 11) is 0. The van der Waals surface area contributed by atoms with Crippen molar-refractivity contribution in [1.82, 2.24) is 20.4 Å². The number of thioether (sulfide) groups is 1. The van der Waals surface area contributed by atoms with E-state index >= 15 is 0 Å². The van der Waals surface area contributed by atoms with E-state index in [0.29, 0.717) is 0 Å². The molecule has 0 atom stereocenters. The van der Waals surface area contributed by atoms with Gasteiger partial charge in [-0.1, -0.05) is 0 Å². The lowest BCUT2D eigenvalue weighted by atomic mass is 10.2. The maximum absolute atomic E-state index is 4.62. The zero-order valence-corrected chi connectivity index (χ0v) is 13.1. The summed E-state index contributed by atoms with van der Waals surface area (Å²) < 4.78 is 2.08. The van der Waals surface area contributed by atoms with Gasteiger partial charge in [-0.2, -0.15) is 16.9 Å². The standard InChI is InChI=1S/C13H25N5S/c1-5-14-12(16-11-13(2,3)19-4)15-8-10-18-9-6-7-17-18/h6-7,9H,5,8,10-11H2,1-4H3,(H2,14,15,16). The summed E-state index contributed by atoms with van der Waals surface area (Å²) in [4.78, 5) is 4.62. The van der Waals surface area contributed by atoms with Gasteiger partial charge in [0.05, 0.1) is 13.1 Å². The van der Waals surface area contributed by atoms with Crippen LogP contribution in [0.3, 0.4) is 0 Å². The molecule has 0 aliphatic heterocycles. The molecule has 6 heteroatoms. The molecule has 5 nitrogen and oxygen atoms in total. The van der Waals surface area contributed by atoms with Crippen LogP contribution in [0.5, 0.6) is 0 Å². The van der Waals surface area contributed by atoms with Crippen LogP contribution < -0.4 is 10.6 Å². The highest BCUT2D eigenvalue weighted by molar-refractivity contribution is 7.99. The van der Waals surface area contributed by atoms with Crippen LogP contribution in [0.25, 0.3) is 0 Å². The van der Waals surface area contributed by atoms with Crippen molar-refractivity contribution in [2.45, 2.75) is 32.1 Å². The van der Waals surface area contributed by atoms with Crippen LogP contribution in [0.4, 0.5) is 0 Å². The van der Waals surface area contributed by atoms with Gasteiger partial charge in [0.25, 0.3) is 0 Å². The lowest BCUT2D eigenvalue weighted by Crippen LogP contribution is -2.39. The number of nitrogens with one attached hydrogen (secondary N) is 2. The molecule has 0 aromatic carbocycles. The van der Waals surface area contributed by atoms with E-state index in [1.165, 1.54) is 0 Å². The van der Waals surface area contributed by atoms with Gasteiger partial charge >= 0.3 is 0 Å². The third-order valence-electron chi connectivity index (χ3n) is 2.71. The van der Waals surface area contributed by atoms with Gasteiger partial charge in [0, 0.05) is 30.2 Å². The van der Waals surface area contributed by atoms with Crippen LogP contribution in [0.15, 0.2) is 23.5 Å². The summed E-state index contributed by atoms with van der Waals surface area (Å²) in [6, 6.07) is 1.93. The minimum absolute atomic E-state index is 0.171. The van der Waals surface area contributed by atoms with E-state index in [-0.39, 0.29) is 4.75 Å². The number of rotatable bonds is 7. The molecule has 0 radical (unpaired) electrons. The highest BCUT2D eigenvalue weighted by Gasteiger charge is 2.15. The first kappa shape index (κ1) is 15.9. The third-order valence-corrected chi connectivity index (χ3v) is 3.94. The molecule has 1 rings (SSSR count). The maximum atomic E-state index is 4.62. The van der Waals surface area contributed by atoms with E-state index in [0.717, 1.165) is 32.1 Å². The van der Waals surface area contributed by atoms with Gasteiger partial charge in [-0.15, -0.1) is 0 Å². The fourth-order valence-corrected chi connectivity index (χ4v) is 1.59. The SMILES string of the molecule is CCNC(=NCC(C)(C)SC)NCCn1cccn1. The third kappa shape index (κ3) is 6.52. The Balaban J connectivity index is 2.41. The second kappa shape index (κ2) is 8.09. The van der Waals surface area contributed by atoms with Crippen molar-refractivity contribution < 1.29 is 0 Å². The van der Waals surface area contributed by atoms with Gasteiger partial charge in [-0.3, -0.25) is 9.67 Å². The molecule has 108 valence electrons. The summed E-state index contributed by atoms with van der Waals surface area (Å²) >= 11 is 1.83. The van der Waals surface area contributed by atoms with Crippen LogP contribution in [-0.4, -0.2) is 46.4 Å². The highest BCUT2D eigenvalue weighted by atomic mass is 32.2. The molecule has 0 saturated heterocycles. The number of nitrogens with zero attached hydrogens (tertiary/aromatic N) is 3. The van der Waals surface area contributed by atoms with E-state index in [1.54, 1.807) is 6.20 Å². The van der Waals surface area contributed by atoms with Gasteiger partial charge in [-0.05, 0) is 33.1 Å². The molecular formula is C13H25N5S. The Morgan fingerprint density at radius 2 is 2.21 bits per heavy atom. The highest BCUT2D eigenvalue weighted by Crippen LogP contribution is 2.20. The number of hydrogen-bond acceptors (Lipinski definition) is 3. The Labute approximate surface area is 120 Å². The predicted molar refractivity (Wildman–Crippen MR) is 83.8 cm³/mol. The van der Waals surface area contributed by atoms with E-state index in [9.17, 15) is 0 Å². The minimum Gasteiger partial charge on any atom is -0.357 e. The molecule has 19 heavy (non-hydrogen) atoms. The summed E-state index contributed by atoms with van der Waals surface area (Å²) in [5.74, 6) is 0.872. The summed E-state index contributed by atoms with van der Waals surface area (Å²) in [5, 5.41) is 10.8. The predicted octanol–water partition coefficient (Wildman–Crippen LogP) is 1.58. The van der Waals surface area contributed by atoms with Gasteiger partial charge in [-0.25, -0.2) is 0 Å². The molecule has 1 heterocycles. The van der Waals surface area contributed by atoms with Crippen molar-refractivity contribution in [1.29, 1.82) is 0 Å². The fourth-order valence-electron chi connectivity index (χ4n) is 1.40. The van der Waals surface area contributed by atoms with Gasteiger partial charge < -0.3 is 10.6 Å². The van der Waals surface area contributed by atoms with Crippen LogP contribution in [0.2, 0.25) is 0 Å². The van der Waals surface area contributed by atoms with Crippen LogP contribution in [0, 0.1) is 0 Å². The average Bonchev–Trinajstić information content (AvgIpc) is 2.89. The van der Waals surface area contributed by atoms with Crippen LogP contribution in [-0.2, 0) is 6.54 Å². The molecule has 0 aliphatic carbocycles. The number of guanidine groups is 1. The van der Waals surface area contributed by atoms with Crippen molar-refractivity contribution in [3.05, 3.63) is 18.5 Å². The largest absolute Gasteiger partial charge is 0.357 e. The first-order valence-electron chi connectivity index (χ1n) is 6.62. The quantitative estimate of drug-likeness (QED) is 0.589. The van der Waals surface area contributed by atoms with Crippen molar-refractivity contribution in [2.24, 2.45) is 4.99 Å². The number of hydrogen-bond donors (Lipinski definition) is 2. The Morgan fingerprint density at radius 1 is 1.42 bits per heavy atom. The summed E-state index contributed by atoms with van der Waals surface area (Å²) in [6.07, 6.45) is 5.87. The normalized spacial score (nSPS) is 12.5. The molecule has 1 aromatic rings. The molecule has 1 aromatic heterocycles. The summed E-state index contributed by atoms with van der Waals surface area (Å²) in [5.41, 5.74) is 0. The monoisotopic (exact) mass is 283 g/mol. The number of aliphatic imine (C=N–C) groups is 1. The Kier molecular flexibility index (Phi) is 6.77. The van der Waals surface area contributed by atoms with Crippen LogP contribution >= 0.6 is 11.8 Å². The van der Waals surface area contributed by atoms with Crippen molar-refractivity contribution >= 4 is 17.7 Å². The molecule has 2 N–H and O–H groups in total. The van der Waals surface area contributed by atoms with E-state index < -0.39 is 0 Å². The molecule has 0 amide bonds. The lowest BCUT2D eigenvalue weighted by molar-refractivity contribution is 0.596. The molecule has 0 bridgehead atoms. The van der Waals surface area contributed by atoms with Crippen molar-refractivity contribution in [2.75, 3.05) is 25.9 Å². The second-order valence-electron chi connectivity index (χ2n) is 4.85. The molecule has 0 spiro atoms. The first-order chi connectivity index (χ1) is 9.07. The zero-order chi connectivity index (χ0) is 14.1. The van der Waals surface area contributed by atoms with Crippen molar-refractivity contribution in [3.63, 3.8) is 0 Å². The number of aromatic nitrogens is 2. The summed E-state index contributed by atoms with van der Waals surface area (Å²) in [6.45, 7) is 9.79. The molecular weight excluding hydrogens is 258 g/mol. The fraction of sp³-hybridized carbons (Fsp3) is 0.692. The minimum atomic E-state index is 0.171. The van der Waals surface area contributed by atoms with Crippen molar-refractivity contribution in [3.8, 4) is 0 Å². The van der Waals surface area contributed by atoms with Crippen LogP contribution in [0.1, 0.15) is 20.8 Å².